The highest BCUT2D eigenvalue weighted by atomic mass is 32.1. The first-order chi connectivity index (χ1) is 7.70. The van der Waals surface area contributed by atoms with Crippen LogP contribution in [-0.4, -0.2) is 16.7 Å². The van der Waals surface area contributed by atoms with Crippen LogP contribution in [0.25, 0.3) is 10.6 Å². The van der Waals surface area contributed by atoms with Crippen molar-refractivity contribution in [2.45, 2.75) is 13.3 Å². The Morgan fingerprint density at radius 2 is 2.19 bits per heavy atom. The van der Waals surface area contributed by atoms with Gasteiger partial charge in [0.1, 0.15) is 15.8 Å². The first kappa shape index (κ1) is 11.2. The third-order valence-electron chi connectivity index (χ3n) is 2.23. The highest BCUT2D eigenvalue weighted by Gasteiger charge is 2.07. The molecule has 0 aliphatic carbocycles. The number of nitrogens with zero attached hydrogens (tertiary/aromatic N) is 2. The summed E-state index contributed by atoms with van der Waals surface area (Å²) in [4.78, 5) is 0. The lowest BCUT2D eigenvalue weighted by atomic mass is 10.1. The Morgan fingerprint density at radius 1 is 1.38 bits per heavy atom. The molecular formula is C11H12FN3S. The van der Waals surface area contributed by atoms with Gasteiger partial charge in [-0.1, -0.05) is 11.3 Å². The zero-order valence-electron chi connectivity index (χ0n) is 8.90. The van der Waals surface area contributed by atoms with E-state index in [-0.39, 0.29) is 5.82 Å². The summed E-state index contributed by atoms with van der Waals surface area (Å²) in [5, 5.41) is 9.82. The third kappa shape index (κ3) is 2.25. The van der Waals surface area contributed by atoms with Gasteiger partial charge in [-0.05, 0) is 37.2 Å². The summed E-state index contributed by atoms with van der Waals surface area (Å²) < 4.78 is 13.1. The summed E-state index contributed by atoms with van der Waals surface area (Å²) in [6.07, 6.45) is 0.734. The first-order valence-corrected chi connectivity index (χ1v) is 5.81. The molecule has 2 aromatic rings. The van der Waals surface area contributed by atoms with Gasteiger partial charge in [-0.2, -0.15) is 0 Å². The van der Waals surface area contributed by atoms with Gasteiger partial charge in [0, 0.05) is 12.0 Å². The van der Waals surface area contributed by atoms with E-state index in [2.05, 4.69) is 10.2 Å². The minimum atomic E-state index is -0.199. The summed E-state index contributed by atoms with van der Waals surface area (Å²) in [6, 6.07) is 4.95. The molecule has 1 heterocycles. The van der Waals surface area contributed by atoms with Crippen molar-refractivity contribution in [2.24, 2.45) is 5.73 Å². The minimum absolute atomic E-state index is 0.199. The van der Waals surface area contributed by atoms with E-state index in [0.29, 0.717) is 12.1 Å². The molecule has 1 aromatic heterocycles. The lowest BCUT2D eigenvalue weighted by Crippen LogP contribution is -2.01. The van der Waals surface area contributed by atoms with Gasteiger partial charge in [0.2, 0.25) is 0 Å². The fourth-order valence-electron chi connectivity index (χ4n) is 1.37. The smallest absolute Gasteiger partial charge is 0.147 e. The molecule has 0 saturated carbocycles. The van der Waals surface area contributed by atoms with Gasteiger partial charge in [0.25, 0.3) is 0 Å². The number of halogens is 1. The lowest BCUT2D eigenvalue weighted by molar-refractivity contribution is 0.619. The van der Waals surface area contributed by atoms with E-state index in [4.69, 9.17) is 5.73 Å². The van der Waals surface area contributed by atoms with Gasteiger partial charge in [-0.15, -0.1) is 10.2 Å². The van der Waals surface area contributed by atoms with Gasteiger partial charge in [-0.25, -0.2) is 4.39 Å². The molecule has 16 heavy (non-hydrogen) atoms. The number of aryl methyl sites for hydroxylation is 1. The summed E-state index contributed by atoms with van der Waals surface area (Å²) in [5.74, 6) is -0.199. The average Bonchev–Trinajstić information content (AvgIpc) is 2.71. The SMILES string of the molecule is Cc1cc(-c2nnc(CCN)s2)ccc1F. The number of rotatable bonds is 3. The van der Waals surface area contributed by atoms with Crippen LogP contribution in [0, 0.1) is 12.7 Å². The zero-order chi connectivity index (χ0) is 11.5. The Hall–Kier alpha value is -1.33. The Labute approximate surface area is 97.1 Å². The topological polar surface area (TPSA) is 51.8 Å². The molecule has 0 unspecified atom stereocenters. The van der Waals surface area contributed by atoms with Gasteiger partial charge >= 0.3 is 0 Å². The quantitative estimate of drug-likeness (QED) is 0.890. The molecule has 3 nitrogen and oxygen atoms in total. The summed E-state index contributed by atoms with van der Waals surface area (Å²) in [5.41, 5.74) is 6.96. The summed E-state index contributed by atoms with van der Waals surface area (Å²) in [7, 11) is 0. The number of hydrogen-bond donors (Lipinski definition) is 1. The maximum absolute atomic E-state index is 13.1. The molecule has 2 N–H and O–H groups in total. The molecule has 0 radical (unpaired) electrons. The van der Waals surface area contributed by atoms with Gasteiger partial charge in [0.15, 0.2) is 0 Å². The van der Waals surface area contributed by atoms with Crippen LogP contribution in [0.3, 0.4) is 0 Å². The van der Waals surface area contributed by atoms with E-state index in [1.54, 1.807) is 19.1 Å². The fraction of sp³-hybridized carbons (Fsp3) is 0.273. The molecular weight excluding hydrogens is 225 g/mol. The molecule has 2 rings (SSSR count). The molecule has 0 amide bonds. The first-order valence-electron chi connectivity index (χ1n) is 4.99. The Morgan fingerprint density at radius 3 is 2.88 bits per heavy atom. The predicted octanol–water partition coefficient (Wildman–Crippen LogP) is 2.15. The van der Waals surface area contributed by atoms with Gasteiger partial charge in [0.05, 0.1) is 0 Å². The molecule has 0 aliphatic rings. The minimum Gasteiger partial charge on any atom is -0.330 e. The second kappa shape index (κ2) is 4.67. The maximum atomic E-state index is 13.1. The van der Waals surface area contributed by atoms with E-state index in [9.17, 15) is 4.39 Å². The normalized spacial score (nSPS) is 10.7. The van der Waals surface area contributed by atoms with Crippen LogP contribution >= 0.6 is 11.3 Å². The highest BCUT2D eigenvalue weighted by Crippen LogP contribution is 2.25. The van der Waals surface area contributed by atoms with Crippen molar-refractivity contribution in [2.75, 3.05) is 6.54 Å². The van der Waals surface area contributed by atoms with Gasteiger partial charge in [-0.3, -0.25) is 0 Å². The molecule has 1 aromatic carbocycles. The van der Waals surface area contributed by atoms with Crippen LogP contribution in [0.1, 0.15) is 10.6 Å². The number of hydrogen-bond acceptors (Lipinski definition) is 4. The van der Waals surface area contributed by atoms with Crippen molar-refractivity contribution < 1.29 is 4.39 Å². The van der Waals surface area contributed by atoms with Crippen LogP contribution in [0.15, 0.2) is 18.2 Å². The molecule has 0 spiro atoms. The second-order valence-corrected chi connectivity index (χ2v) is 4.57. The van der Waals surface area contributed by atoms with Crippen LogP contribution in [-0.2, 0) is 6.42 Å². The van der Waals surface area contributed by atoms with Crippen molar-refractivity contribution in [3.63, 3.8) is 0 Å². The maximum Gasteiger partial charge on any atom is 0.147 e. The predicted molar refractivity (Wildman–Crippen MR) is 62.8 cm³/mol. The van der Waals surface area contributed by atoms with E-state index < -0.39 is 0 Å². The van der Waals surface area contributed by atoms with Crippen LogP contribution in [0.2, 0.25) is 0 Å². The largest absolute Gasteiger partial charge is 0.330 e. The Kier molecular flexibility index (Phi) is 3.26. The van der Waals surface area contributed by atoms with Crippen molar-refractivity contribution in [3.05, 3.63) is 34.6 Å². The summed E-state index contributed by atoms with van der Waals surface area (Å²) in [6.45, 7) is 2.30. The molecule has 0 saturated heterocycles. The van der Waals surface area contributed by atoms with Crippen LogP contribution < -0.4 is 5.73 Å². The fourth-order valence-corrected chi connectivity index (χ4v) is 2.22. The van der Waals surface area contributed by atoms with Crippen molar-refractivity contribution in [1.82, 2.24) is 10.2 Å². The van der Waals surface area contributed by atoms with E-state index in [1.165, 1.54) is 17.4 Å². The standard InChI is InChI=1S/C11H12FN3S/c1-7-6-8(2-3-9(7)12)11-15-14-10(16-11)4-5-13/h2-3,6H,4-5,13H2,1H3. The highest BCUT2D eigenvalue weighted by molar-refractivity contribution is 7.14. The molecule has 0 bridgehead atoms. The Balaban J connectivity index is 2.31. The second-order valence-electron chi connectivity index (χ2n) is 3.50. The molecule has 84 valence electrons. The third-order valence-corrected chi connectivity index (χ3v) is 3.26. The van der Waals surface area contributed by atoms with Gasteiger partial charge < -0.3 is 5.73 Å². The van der Waals surface area contributed by atoms with E-state index in [0.717, 1.165) is 22.0 Å². The molecule has 5 heteroatoms. The number of nitrogens with two attached hydrogens (primary N) is 1. The van der Waals surface area contributed by atoms with Crippen molar-refractivity contribution >= 4 is 11.3 Å². The summed E-state index contributed by atoms with van der Waals surface area (Å²) >= 11 is 1.50. The zero-order valence-corrected chi connectivity index (χ0v) is 9.72. The average molecular weight is 237 g/mol. The van der Waals surface area contributed by atoms with Crippen LogP contribution in [0.4, 0.5) is 4.39 Å². The molecule has 0 atom stereocenters. The number of benzene rings is 1. The lowest BCUT2D eigenvalue weighted by Gasteiger charge is -1.98. The van der Waals surface area contributed by atoms with E-state index in [1.807, 2.05) is 0 Å². The number of aromatic nitrogens is 2. The molecule has 0 fully saturated rings. The van der Waals surface area contributed by atoms with Crippen molar-refractivity contribution in [3.8, 4) is 10.6 Å². The monoisotopic (exact) mass is 237 g/mol. The van der Waals surface area contributed by atoms with E-state index >= 15 is 0 Å². The Bertz CT molecular complexity index is 496. The molecule has 0 aliphatic heterocycles. The van der Waals surface area contributed by atoms with Crippen LogP contribution in [0.5, 0.6) is 0 Å². The van der Waals surface area contributed by atoms with Crippen molar-refractivity contribution in [1.29, 1.82) is 0 Å².